The van der Waals surface area contributed by atoms with E-state index in [0.29, 0.717) is 5.56 Å². The SMILES string of the molecule is CC#CCNC(=O)[C@@H](N)Cc1ccc(O)c(O)c1. The van der Waals surface area contributed by atoms with Crippen molar-refractivity contribution in [2.75, 3.05) is 6.54 Å². The van der Waals surface area contributed by atoms with E-state index >= 15 is 0 Å². The first-order valence-corrected chi connectivity index (χ1v) is 5.48. The molecule has 5 heteroatoms. The van der Waals surface area contributed by atoms with Crippen LogP contribution in [0.2, 0.25) is 0 Å². The van der Waals surface area contributed by atoms with Gasteiger partial charge >= 0.3 is 0 Å². The third-order valence-electron chi connectivity index (χ3n) is 2.36. The summed E-state index contributed by atoms with van der Waals surface area (Å²) in [7, 11) is 0. The molecule has 1 atom stereocenters. The Kier molecular flexibility index (Phi) is 5.03. The molecule has 5 nitrogen and oxygen atoms in total. The summed E-state index contributed by atoms with van der Waals surface area (Å²) in [6.45, 7) is 1.95. The highest BCUT2D eigenvalue weighted by atomic mass is 16.3. The van der Waals surface area contributed by atoms with Crippen LogP contribution in [0.5, 0.6) is 11.5 Å². The van der Waals surface area contributed by atoms with Gasteiger partial charge in [0.2, 0.25) is 5.91 Å². The van der Waals surface area contributed by atoms with E-state index in [4.69, 9.17) is 10.8 Å². The molecule has 0 aliphatic heterocycles. The van der Waals surface area contributed by atoms with Crippen LogP contribution in [0.4, 0.5) is 0 Å². The molecule has 0 saturated carbocycles. The fourth-order valence-electron chi connectivity index (χ4n) is 1.39. The van der Waals surface area contributed by atoms with Crippen molar-refractivity contribution in [3.05, 3.63) is 23.8 Å². The van der Waals surface area contributed by atoms with Crippen LogP contribution >= 0.6 is 0 Å². The maximum absolute atomic E-state index is 11.6. The van der Waals surface area contributed by atoms with E-state index < -0.39 is 6.04 Å². The van der Waals surface area contributed by atoms with Crippen LogP contribution in [-0.2, 0) is 11.2 Å². The zero-order valence-electron chi connectivity index (χ0n) is 10.1. The Morgan fingerprint density at radius 1 is 1.44 bits per heavy atom. The van der Waals surface area contributed by atoms with Crippen molar-refractivity contribution in [2.24, 2.45) is 5.73 Å². The summed E-state index contributed by atoms with van der Waals surface area (Å²) >= 11 is 0. The minimum absolute atomic E-state index is 0.199. The quantitative estimate of drug-likeness (QED) is 0.449. The van der Waals surface area contributed by atoms with Crippen LogP contribution in [0, 0.1) is 11.8 Å². The number of carbonyl (C=O) groups excluding carboxylic acids is 1. The molecule has 1 aromatic carbocycles. The Balaban J connectivity index is 2.57. The Hall–Kier alpha value is -2.19. The number of phenols is 2. The van der Waals surface area contributed by atoms with Crippen molar-refractivity contribution in [1.29, 1.82) is 0 Å². The second-order valence-electron chi connectivity index (χ2n) is 3.78. The van der Waals surface area contributed by atoms with Crippen LogP contribution in [0.15, 0.2) is 18.2 Å². The minimum Gasteiger partial charge on any atom is -0.504 e. The third kappa shape index (κ3) is 4.00. The van der Waals surface area contributed by atoms with Gasteiger partial charge in [-0.3, -0.25) is 4.79 Å². The molecule has 0 bridgehead atoms. The van der Waals surface area contributed by atoms with E-state index in [9.17, 15) is 9.90 Å². The largest absolute Gasteiger partial charge is 0.504 e. The molecule has 18 heavy (non-hydrogen) atoms. The van der Waals surface area contributed by atoms with Gasteiger partial charge in [0, 0.05) is 0 Å². The molecule has 0 spiro atoms. The summed E-state index contributed by atoms with van der Waals surface area (Å²) in [6, 6.07) is 3.63. The van der Waals surface area contributed by atoms with Crippen LogP contribution in [0.25, 0.3) is 0 Å². The van der Waals surface area contributed by atoms with Crippen LogP contribution in [-0.4, -0.2) is 28.7 Å². The van der Waals surface area contributed by atoms with Gasteiger partial charge in [-0.15, -0.1) is 5.92 Å². The number of nitrogens with one attached hydrogen (secondary N) is 1. The summed E-state index contributed by atoms with van der Waals surface area (Å²) in [5.74, 6) is 4.64. The fraction of sp³-hybridized carbons (Fsp3) is 0.308. The van der Waals surface area contributed by atoms with Crippen molar-refractivity contribution in [2.45, 2.75) is 19.4 Å². The number of amides is 1. The van der Waals surface area contributed by atoms with Gasteiger partial charge in [-0.2, -0.15) is 0 Å². The summed E-state index contributed by atoms with van der Waals surface area (Å²) in [5.41, 5.74) is 6.39. The van der Waals surface area contributed by atoms with Gasteiger partial charge in [0.05, 0.1) is 12.6 Å². The van der Waals surface area contributed by atoms with Crippen LogP contribution < -0.4 is 11.1 Å². The van der Waals surface area contributed by atoms with Gasteiger partial charge in [-0.25, -0.2) is 0 Å². The lowest BCUT2D eigenvalue weighted by atomic mass is 10.1. The van der Waals surface area contributed by atoms with E-state index in [1.807, 2.05) is 0 Å². The van der Waals surface area contributed by atoms with Gasteiger partial charge in [0.1, 0.15) is 0 Å². The first kappa shape index (κ1) is 13.9. The molecule has 1 aromatic rings. The molecule has 5 N–H and O–H groups in total. The smallest absolute Gasteiger partial charge is 0.238 e. The van der Waals surface area contributed by atoms with Gasteiger partial charge in [-0.05, 0) is 31.0 Å². The van der Waals surface area contributed by atoms with E-state index in [2.05, 4.69) is 17.2 Å². The fourth-order valence-corrected chi connectivity index (χ4v) is 1.39. The van der Waals surface area contributed by atoms with Gasteiger partial charge in [-0.1, -0.05) is 12.0 Å². The Labute approximate surface area is 106 Å². The molecular formula is C13H16N2O3. The van der Waals surface area contributed by atoms with E-state index in [1.54, 1.807) is 13.0 Å². The molecule has 96 valence electrons. The predicted octanol–water partition coefficient (Wildman–Crippen LogP) is 0.107. The lowest BCUT2D eigenvalue weighted by Crippen LogP contribution is -2.42. The zero-order chi connectivity index (χ0) is 13.5. The van der Waals surface area contributed by atoms with Crippen LogP contribution in [0.3, 0.4) is 0 Å². The molecule has 0 radical (unpaired) electrons. The lowest BCUT2D eigenvalue weighted by Gasteiger charge is -2.11. The molecule has 0 aliphatic carbocycles. The number of carbonyl (C=O) groups is 1. The number of nitrogens with two attached hydrogens (primary N) is 1. The first-order chi connectivity index (χ1) is 8.54. The maximum Gasteiger partial charge on any atom is 0.238 e. The molecule has 0 aliphatic rings. The van der Waals surface area contributed by atoms with Crippen molar-refractivity contribution in [3.8, 4) is 23.3 Å². The summed E-state index contributed by atoms with van der Waals surface area (Å²) < 4.78 is 0. The summed E-state index contributed by atoms with van der Waals surface area (Å²) in [4.78, 5) is 11.6. The average Bonchev–Trinajstić information content (AvgIpc) is 2.34. The van der Waals surface area contributed by atoms with Gasteiger partial charge in [0.25, 0.3) is 0 Å². The topological polar surface area (TPSA) is 95.6 Å². The Morgan fingerprint density at radius 3 is 2.78 bits per heavy atom. The number of phenolic OH excluding ortho intramolecular Hbond substituents is 2. The van der Waals surface area contributed by atoms with Crippen molar-refractivity contribution < 1.29 is 15.0 Å². The third-order valence-corrected chi connectivity index (χ3v) is 2.36. The molecule has 0 unspecified atom stereocenters. The molecule has 0 heterocycles. The van der Waals surface area contributed by atoms with Crippen LogP contribution in [0.1, 0.15) is 12.5 Å². The zero-order valence-corrected chi connectivity index (χ0v) is 10.1. The molecule has 0 fully saturated rings. The monoisotopic (exact) mass is 248 g/mol. The molecule has 1 amide bonds. The highest BCUT2D eigenvalue weighted by Gasteiger charge is 2.14. The van der Waals surface area contributed by atoms with Crippen molar-refractivity contribution >= 4 is 5.91 Å². The first-order valence-electron chi connectivity index (χ1n) is 5.48. The van der Waals surface area contributed by atoms with Gasteiger partial charge in [0.15, 0.2) is 11.5 Å². The number of rotatable bonds is 4. The number of aromatic hydroxyl groups is 2. The lowest BCUT2D eigenvalue weighted by molar-refractivity contribution is -0.122. The molecule has 0 saturated heterocycles. The van der Waals surface area contributed by atoms with Gasteiger partial charge < -0.3 is 21.3 Å². The second-order valence-corrected chi connectivity index (χ2v) is 3.78. The molecule has 0 aromatic heterocycles. The standard InChI is InChI=1S/C13H16N2O3/c1-2-3-6-15-13(18)10(14)7-9-4-5-11(16)12(17)8-9/h4-5,8,10,16-17H,6-7,14H2,1H3,(H,15,18)/t10-/m0/s1. The highest BCUT2D eigenvalue weighted by molar-refractivity contribution is 5.82. The molecule has 1 rings (SSSR count). The number of benzene rings is 1. The summed E-state index contributed by atoms with van der Waals surface area (Å²) in [5, 5.41) is 21.1. The van der Waals surface area contributed by atoms with E-state index in [0.717, 1.165) is 0 Å². The average molecular weight is 248 g/mol. The number of hydrogen-bond donors (Lipinski definition) is 4. The normalized spacial score (nSPS) is 11.2. The predicted molar refractivity (Wildman–Crippen MR) is 67.9 cm³/mol. The van der Waals surface area contributed by atoms with E-state index in [1.165, 1.54) is 12.1 Å². The minimum atomic E-state index is -0.715. The van der Waals surface area contributed by atoms with Crippen molar-refractivity contribution in [1.82, 2.24) is 5.32 Å². The Bertz CT molecular complexity index is 489. The summed E-state index contributed by atoms with van der Waals surface area (Å²) in [6.07, 6.45) is 0.277. The van der Waals surface area contributed by atoms with Crippen molar-refractivity contribution in [3.63, 3.8) is 0 Å². The number of hydrogen-bond acceptors (Lipinski definition) is 4. The second kappa shape index (κ2) is 6.52. The maximum atomic E-state index is 11.6. The van der Waals surface area contributed by atoms with E-state index in [-0.39, 0.29) is 30.4 Å². The molecular weight excluding hydrogens is 232 g/mol. The Morgan fingerprint density at radius 2 is 2.17 bits per heavy atom. The highest BCUT2D eigenvalue weighted by Crippen LogP contribution is 2.25.